The maximum Gasteiger partial charge on any atom is 0.227 e. The lowest BCUT2D eigenvalue weighted by atomic mass is 9.93. The van der Waals surface area contributed by atoms with Gasteiger partial charge in [0.25, 0.3) is 0 Å². The highest BCUT2D eigenvalue weighted by Gasteiger charge is 2.40. The van der Waals surface area contributed by atoms with Crippen molar-refractivity contribution in [1.29, 1.82) is 0 Å². The van der Waals surface area contributed by atoms with Crippen molar-refractivity contribution in [3.05, 3.63) is 52.7 Å². The van der Waals surface area contributed by atoms with E-state index in [1.807, 2.05) is 24.8 Å². The Kier molecular flexibility index (Phi) is 5.00. The molecule has 0 saturated carbocycles. The van der Waals surface area contributed by atoms with Gasteiger partial charge >= 0.3 is 0 Å². The fraction of sp³-hybridized carbons (Fsp3) is 0.524. The standard InChI is InChI=1S/C21H26FN3O2/c1-14-20(15(2)27-23-14)13-25-19-7-6-17(21(25)26)11-24(12-19)9-8-16-4-3-5-18(22)10-16/h3-5,10,17,19H,6-9,11-13H2,1-2H3/t17-,19+/m1/s1. The molecule has 0 spiro atoms. The third kappa shape index (κ3) is 3.76. The summed E-state index contributed by atoms with van der Waals surface area (Å²) in [5.41, 5.74) is 2.90. The fourth-order valence-corrected chi connectivity index (χ4v) is 4.40. The molecule has 0 radical (unpaired) electrons. The highest BCUT2D eigenvalue weighted by molar-refractivity contribution is 5.80. The molecular weight excluding hydrogens is 345 g/mol. The van der Waals surface area contributed by atoms with Gasteiger partial charge < -0.3 is 14.3 Å². The molecule has 5 nitrogen and oxygen atoms in total. The van der Waals surface area contributed by atoms with E-state index in [2.05, 4.69) is 10.1 Å². The number of halogens is 1. The summed E-state index contributed by atoms with van der Waals surface area (Å²) in [6, 6.07) is 7.01. The van der Waals surface area contributed by atoms with E-state index in [1.54, 1.807) is 12.1 Å². The largest absolute Gasteiger partial charge is 0.361 e. The van der Waals surface area contributed by atoms with Crippen LogP contribution in [0.1, 0.15) is 35.4 Å². The van der Waals surface area contributed by atoms with Gasteiger partial charge in [-0.15, -0.1) is 0 Å². The molecule has 3 saturated heterocycles. The van der Waals surface area contributed by atoms with E-state index in [4.69, 9.17) is 4.52 Å². The Hall–Kier alpha value is -2.21. The molecule has 1 amide bonds. The van der Waals surface area contributed by atoms with Crippen LogP contribution in [0.2, 0.25) is 0 Å². The molecule has 2 atom stereocenters. The number of hydrogen-bond acceptors (Lipinski definition) is 4. The monoisotopic (exact) mass is 371 g/mol. The second-order valence-corrected chi connectivity index (χ2v) is 7.84. The molecule has 3 aliphatic heterocycles. The van der Waals surface area contributed by atoms with Crippen molar-refractivity contribution in [3.8, 4) is 0 Å². The van der Waals surface area contributed by atoms with Gasteiger partial charge in [0.1, 0.15) is 11.6 Å². The van der Waals surface area contributed by atoms with E-state index in [1.165, 1.54) is 6.07 Å². The highest BCUT2D eigenvalue weighted by Crippen LogP contribution is 2.31. The zero-order valence-corrected chi connectivity index (χ0v) is 15.9. The van der Waals surface area contributed by atoms with Gasteiger partial charge in [0, 0.05) is 31.2 Å². The van der Waals surface area contributed by atoms with Crippen LogP contribution in [0.4, 0.5) is 4.39 Å². The number of aryl methyl sites for hydroxylation is 2. The molecule has 0 N–H and O–H groups in total. The average Bonchev–Trinajstić information content (AvgIpc) is 2.82. The molecule has 144 valence electrons. The van der Waals surface area contributed by atoms with Crippen LogP contribution in [0, 0.1) is 25.6 Å². The molecule has 3 aliphatic rings. The van der Waals surface area contributed by atoms with E-state index in [0.29, 0.717) is 6.54 Å². The molecule has 2 bridgehead atoms. The summed E-state index contributed by atoms with van der Waals surface area (Å²) >= 11 is 0. The number of piperidine rings is 1. The first kappa shape index (κ1) is 18.2. The Bertz CT molecular complexity index is 815. The Labute approximate surface area is 159 Å². The van der Waals surface area contributed by atoms with Crippen LogP contribution < -0.4 is 0 Å². The van der Waals surface area contributed by atoms with Gasteiger partial charge in [0.05, 0.1) is 18.2 Å². The van der Waals surface area contributed by atoms with Gasteiger partial charge in [-0.3, -0.25) is 4.79 Å². The number of carbonyl (C=O) groups is 1. The van der Waals surface area contributed by atoms with Gasteiger partial charge in [0.15, 0.2) is 0 Å². The minimum absolute atomic E-state index is 0.0525. The number of amides is 1. The zero-order chi connectivity index (χ0) is 19.0. The van der Waals surface area contributed by atoms with Crippen molar-refractivity contribution in [2.24, 2.45) is 5.92 Å². The van der Waals surface area contributed by atoms with E-state index in [-0.39, 0.29) is 23.7 Å². The minimum Gasteiger partial charge on any atom is -0.361 e. The molecule has 6 heteroatoms. The lowest BCUT2D eigenvalue weighted by molar-refractivity contribution is -0.140. The molecule has 1 aromatic heterocycles. The smallest absolute Gasteiger partial charge is 0.227 e. The molecule has 4 heterocycles. The SMILES string of the molecule is Cc1noc(C)c1CN1C(=O)[C@@H]2CC[C@H]1CN(CCc1cccc(F)c1)C2. The normalized spacial score (nSPS) is 23.1. The number of carbonyl (C=O) groups excluding carboxylic acids is 1. The average molecular weight is 371 g/mol. The van der Waals surface area contributed by atoms with Crippen LogP contribution in [0.3, 0.4) is 0 Å². The number of rotatable bonds is 5. The summed E-state index contributed by atoms with van der Waals surface area (Å²) in [5.74, 6) is 0.906. The van der Waals surface area contributed by atoms with Crippen LogP contribution in [-0.2, 0) is 17.8 Å². The summed E-state index contributed by atoms with van der Waals surface area (Å²) in [4.78, 5) is 17.4. The fourth-order valence-electron chi connectivity index (χ4n) is 4.40. The predicted octanol–water partition coefficient (Wildman–Crippen LogP) is 3.10. The highest BCUT2D eigenvalue weighted by atomic mass is 19.1. The summed E-state index contributed by atoms with van der Waals surface area (Å²) in [6.45, 7) is 6.93. The molecule has 2 aromatic rings. The van der Waals surface area contributed by atoms with Crippen LogP contribution in [0.5, 0.6) is 0 Å². The van der Waals surface area contributed by atoms with Gasteiger partial charge in [-0.05, 0) is 50.8 Å². The Morgan fingerprint density at radius 1 is 1.26 bits per heavy atom. The second kappa shape index (κ2) is 7.43. The lowest BCUT2D eigenvalue weighted by Crippen LogP contribution is -2.47. The van der Waals surface area contributed by atoms with Gasteiger partial charge in [-0.1, -0.05) is 17.3 Å². The first-order valence-electron chi connectivity index (χ1n) is 9.70. The lowest BCUT2D eigenvalue weighted by Gasteiger charge is -2.36. The van der Waals surface area contributed by atoms with Crippen molar-refractivity contribution < 1.29 is 13.7 Å². The minimum atomic E-state index is -0.191. The second-order valence-electron chi connectivity index (χ2n) is 7.84. The number of aromatic nitrogens is 1. The maximum absolute atomic E-state index is 13.4. The maximum atomic E-state index is 13.4. The predicted molar refractivity (Wildman–Crippen MR) is 99.6 cm³/mol. The van der Waals surface area contributed by atoms with Crippen molar-refractivity contribution in [2.45, 2.75) is 45.7 Å². The zero-order valence-electron chi connectivity index (χ0n) is 15.9. The Morgan fingerprint density at radius 2 is 2.11 bits per heavy atom. The van der Waals surface area contributed by atoms with E-state index < -0.39 is 0 Å². The molecule has 3 fully saturated rings. The van der Waals surface area contributed by atoms with Gasteiger partial charge in [-0.25, -0.2) is 4.39 Å². The van der Waals surface area contributed by atoms with Crippen LogP contribution >= 0.6 is 0 Å². The van der Waals surface area contributed by atoms with Gasteiger partial charge in [0.2, 0.25) is 5.91 Å². The van der Waals surface area contributed by atoms with Crippen molar-refractivity contribution in [1.82, 2.24) is 15.0 Å². The van der Waals surface area contributed by atoms with Crippen molar-refractivity contribution in [3.63, 3.8) is 0 Å². The number of nitrogens with zero attached hydrogens (tertiary/aromatic N) is 3. The summed E-state index contributed by atoms with van der Waals surface area (Å²) in [6.07, 6.45) is 2.80. The third-order valence-corrected chi connectivity index (χ3v) is 5.98. The Morgan fingerprint density at radius 3 is 2.85 bits per heavy atom. The summed E-state index contributed by atoms with van der Waals surface area (Å²) in [5, 5.41) is 4.02. The number of benzene rings is 1. The third-order valence-electron chi connectivity index (χ3n) is 5.98. The summed E-state index contributed by atoms with van der Waals surface area (Å²) in [7, 11) is 0. The number of hydrogen-bond donors (Lipinski definition) is 0. The molecular formula is C21H26FN3O2. The molecule has 27 heavy (non-hydrogen) atoms. The van der Waals surface area contributed by atoms with Crippen molar-refractivity contribution >= 4 is 5.91 Å². The molecule has 0 aliphatic carbocycles. The quantitative estimate of drug-likeness (QED) is 0.810. The van der Waals surface area contributed by atoms with Gasteiger partial charge in [-0.2, -0.15) is 0 Å². The number of fused-ring (bicyclic) bond motifs is 4. The molecule has 0 unspecified atom stereocenters. The van der Waals surface area contributed by atoms with E-state index in [0.717, 1.165) is 61.5 Å². The van der Waals surface area contributed by atoms with E-state index in [9.17, 15) is 9.18 Å². The van der Waals surface area contributed by atoms with Crippen molar-refractivity contribution in [2.75, 3.05) is 19.6 Å². The van der Waals surface area contributed by atoms with Crippen LogP contribution in [0.15, 0.2) is 28.8 Å². The Balaban J connectivity index is 1.45. The summed E-state index contributed by atoms with van der Waals surface area (Å²) < 4.78 is 18.7. The topological polar surface area (TPSA) is 49.6 Å². The first-order chi connectivity index (χ1) is 13.0. The van der Waals surface area contributed by atoms with Crippen LogP contribution in [-0.4, -0.2) is 46.5 Å². The van der Waals surface area contributed by atoms with Crippen LogP contribution in [0.25, 0.3) is 0 Å². The first-order valence-corrected chi connectivity index (χ1v) is 9.70. The molecule has 1 aromatic carbocycles. The molecule has 5 rings (SSSR count). The van der Waals surface area contributed by atoms with E-state index >= 15 is 0 Å².